The van der Waals surface area contributed by atoms with Gasteiger partial charge < -0.3 is 10.4 Å². The van der Waals surface area contributed by atoms with Crippen LogP contribution in [0.5, 0.6) is 0 Å². The van der Waals surface area contributed by atoms with Crippen molar-refractivity contribution in [2.24, 2.45) is 0 Å². The van der Waals surface area contributed by atoms with E-state index in [0.717, 1.165) is 35.0 Å². The van der Waals surface area contributed by atoms with Gasteiger partial charge in [-0.25, -0.2) is 0 Å². The highest BCUT2D eigenvalue weighted by atomic mass is 32.1. The summed E-state index contributed by atoms with van der Waals surface area (Å²) in [5.41, 5.74) is 2.34. The highest BCUT2D eigenvalue weighted by Gasteiger charge is 2.05. The summed E-state index contributed by atoms with van der Waals surface area (Å²) in [4.78, 5) is 17.1. The molecular formula is C15H18N2O2S. The van der Waals surface area contributed by atoms with E-state index >= 15 is 0 Å². The van der Waals surface area contributed by atoms with E-state index < -0.39 is 5.97 Å². The van der Waals surface area contributed by atoms with Crippen LogP contribution in [0.25, 0.3) is 0 Å². The smallest absolute Gasteiger partial charge is 0.308 e. The molecule has 0 radical (unpaired) electrons. The van der Waals surface area contributed by atoms with Crippen LogP contribution in [0, 0.1) is 0 Å². The normalized spacial score (nSPS) is 10.7. The van der Waals surface area contributed by atoms with Gasteiger partial charge in [0.2, 0.25) is 0 Å². The van der Waals surface area contributed by atoms with Crippen molar-refractivity contribution in [2.45, 2.75) is 32.9 Å². The molecule has 2 aromatic rings. The van der Waals surface area contributed by atoms with Crippen molar-refractivity contribution in [3.8, 4) is 0 Å². The second kappa shape index (κ2) is 7.17. The number of pyridine rings is 1. The topological polar surface area (TPSA) is 62.2 Å². The number of hydrogen-bond acceptors (Lipinski definition) is 4. The molecule has 0 amide bonds. The van der Waals surface area contributed by atoms with Crippen LogP contribution in [-0.2, 0) is 30.7 Å². The Kier molecular flexibility index (Phi) is 5.26. The molecule has 4 nitrogen and oxygen atoms in total. The number of aliphatic carboxylic acids is 1. The number of carboxylic acids is 1. The first-order valence-corrected chi connectivity index (χ1v) is 7.43. The first-order chi connectivity index (χ1) is 9.69. The first-order valence-electron chi connectivity index (χ1n) is 6.62. The predicted octanol–water partition coefficient (Wildman–Crippen LogP) is 2.62. The molecule has 106 valence electrons. The van der Waals surface area contributed by atoms with Gasteiger partial charge in [0.25, 0.3) is 0 Å². The lowest BCUT2D eigenvalue weighted by molar-refractivity contribution is -0.136. The fourth-order valence-electron chi connectivity index (χ4n) is 2.02. The number of aryl methyl sites for hydroxylation is 1. The van der Waals surface area contributed by atoms with Gasteiger partial charge in [0.1, 0.15) is 0 Å². The van der Waals surface area contributed by atoms with E-state index in [-0.39, 0.29) is 6.42 Å². The van der Waals surface area contributed by atoms with Crippen molar-refractivity contribution in [1.82, 2.24) is 10.3 Å². The summed E-state index contributed by atoms with van der Waals surface area (Å²) in [5, 5.41) is 12.1. The molecular weight excluding hydrogens is 272 g/mol. The van der Waals surface area contributed by atoms with Crippen LogP contribution in [0.3, 0.4) is 0 Å². The van der Waals surface area contributed by atoms with Crippen LogP contribution in [0.2, 0.25) is 0 Å². The minimum Gasteiger partial charge on any atom is -0.481 e. The second-order valence-corrected chi connectivity index (χ2v) is 5.76. The molecule has 2 aromatic heterocycles. The highest BCUT2D eigenvalue weighted by molar-refractivity contribution is 7.12. The molecule has 0 aliphatic carbocycles. The Morgan fingerprint density at radius 1 is 1.30 bits per heavy atom. The lowest BCUT2D eigenvalue weighted by Gasteiger charge is -2.07. The minimum atomic E-state index is -0.785. The van der Waals surface area contributed by atoms with Gasteiger partial charge in [-0.05, 0) is 30.2 Å². The van der Waals surface area contributed by atoms with Crippen molar-refractivity contribution >= 4 is 17.3 Å². The summed E-state index contributed by atoms with van der Waals surface area (Å²) in [6, 6.07) is 7.92. The Balaban J connectivity index is 1.86. The third kappa shape index (κ3) is 4.15. The van der Waals surface area contributed by atoms with Gasteiger partial charge in [0.05, 0.1) is 12.1 Å². The Morgan fingerprint density at radius 3 is 2.85 bits per heavy atom. The maximum absolute atomic E-state index is 10.6. The lowest BCUT2D eigenvalue weighted by atomic mass is 10.1. The standard InChI is InChI=1S/C15H18N2O2S/c1-2-11-4-3-7-17-14(11)10-16-9-13-6-5-12(20-13)8-15(18)19/h3-7,16H,2,8-10H2,1H3,(H,18,19). The van der Waals surface area contributed by atoms with E-state index in [2.05, 4.69) is 23.3 Å². The third-order valence-electron chi connectivity index (χ3n) is 3.00. The van der Waals surface area contributed by atoms with Crippen molar-refractivity contribution in [1.29, 1.82) is 0 Å². The molecule has 0 unspecified atom stereocenters. The Hall–Kier alpha value is -1.72. The van der Waals surface area contributed by atoms with Gasteiger partial charge in [-0.2, -0.15) is 0 Å². The average molecular weight is 290 g/mol. The van der Waals surface area contributed by atoms with Crippen LogP contribution in [-0.4, -0.2) is 16.1 Å². The summed E-state index contributed by atoms with van der Waals surface area (Å²) >= 11 is 1.54. The molecule has 2 rings (SSSR count). The molecule has 0 atom stereocenters. The van der Waals surface area contributed by atoms with Crippen LogP contribution in [0.15, 0.2) is 30.5 Å². The number of aromatic nitrogens is 1. The highest BCUT2D eigenvalue weighted by Crippen LogP contribution is 2.17. The zero-order valence-electron chi connectivity index (χ0n) is 11.4. The average Bonchev–Trinajstić information content (AvgIpc) is 2.86. The molecule has 0 saturated heterocycles. The Labute approximate surface area is 122 Å². The van der Waals surface area contributed by atoms with Crippen LogP contribution < -0.4 is 5.32 Å². The Morgan fingerprint density at radius 2 is 2.10 bits per heavy atom. The van der Waals surface area contributed by atoms with Gasteiger partial charge in [-0.1, -0.05) is 13.0 Å². The zero-order chi connectivity index (χ0) is 14.4. The number of nitrogens with one attached hydrogen (secondary N) is 1. The molecule has 0 aromatic carbocycles. The zero-order valence-corrected chi connectivity index (χ0v) is 12.2. The van der Waals surface area contributed by atoms with Gasteiger partial charge in [-0.3, -0.25) is 9.78 Å². The number of thiophene rings is 1. The van der Waals surface area contributed by atoms with Crippen molar-refractivity contribution in [3.05, 3.63) is 51.5 Å². The minimum absolute atomic E-state index is 0.102. The number of carboxylic acid groups (broad SMARTS) is 1. The fourth-order valence-corrected chi connectivity index (χ4v) is 3.00. The van der Waals surface area contributed by atoms with Crippen molar-refractivity contribution < 1.29 is 9.90 Å². The molecule has 0 aliphatic heterocycles. The molecule has 0 bridgehead atoms. The number of hydrogen-bond donors (Lipinski definition) is 2. The molecule has 2 N–H and O–H groups in total. The summed E-state index contributed by atoms with van der Waals surface area (Å²) in [6.07, 6.45) is 2.89. The van der Waals surface area contributed by atoms with E-state index in [0.29, 0.717) is 0 Å². The van der Waals surface area contributed by atoms with Gasteiger partial charge in [0, 0.05) is 29.0 Å². The summed E-state index contributed by atoms with van der Waals surface area (Å²) in [5.74, 6) is -0.785. The SMILES string of the molecule is CCc1cccnc1CNCc1ccc(CC(=O)O)s1. The molecule has 2 heterocycles. The largest absolute Gasteiger partial charge is 0.481 e. The monoisotopic (exact) mass is 290 g/mol. The molecule has 0 spiro atoms. The molecule has 0 aliphatic rings. The lowest BCUT2D eigenvalue weighted by Crippen LogP contribution is -2.14. The van der Waals surface area contributed by atoms with Crippen LogP contribution in [0.4, 0.5) is 0 Å². The predicted molar refractivity (Wildman–Crippen MR) is 79.8 cm³/mol. The van der Waals surface area contributed by atoms with E-state index in [9.17, 15) is 4.79 Å². The van der Waals surface area contributed by atoms with Gasteiger partial charge >= 0.3 is 5.97 Å². The molecule has 0 saturated carbocycles. The summed E-state index contributed by atoms with van der Waals surface area (Å²) < 4.78 is 0. The van der Waals surface area contributed by atoms with E-state index in [4.69, 9.17) is 5.11 Å². The van der Waals surface area contributed by atoms with E-state index in [1.165, 1.54) is 5.56 Å². The third-order valence-corrected chi connectivity index (χ3v) is 4.09. The van der Waals surface area contributed by atoms with Crippen LogP contribution >= 0.6 is 11.3 Å². The fraction of sp³-hybridized carbons (Fsp3) is 0.333. The number of nitrogens with zero attached hydrogens (tertiary/aromatic N) is 1. The first kappa shape index (κ1) is 14.7. The van der Waals surface area contributed by atoms with Crippen molar-refractivity contribution in [2.75, 3.05) is 0 Å². The Bertz CT molecular complexity index is 581. The quantitative estimate of drug-likeness (QED) is 0.823. The maximum Gasteiger partial charge on any atom is 0.308 e. The van der Waals surface area contributed by atoms with Gasteiger partial charge in [0.15, 0.2) is 0 Å². The molecule has 0 fully saturated rings. The summed E-state index contributed by atoms with van der Waals surface area (Å²) in [6.45, 7) is 3.60. The van der Waals surface area contributed by atoms with E-state index in [1.54, 1.807) is 11.3 Å². The summed E-state index contributed by atoms with van der Waals surface area (Å²) in [7, 11) is 0. The van der Waals surface area contributed by atoms with E-state index in [1.807, 2.05) is 24.4 Å². The second-order valence-electron chi connectivity index (χ2n) is 4.50. The molecule has 5 heteroatoms. The number of rotatable bonds is 7. The van der Waals surface area contributed by atoms with Gasteiger partial charge in [-0.15, -0.1) is 11.3 Å². The molecule has 20 heavy (non-hydrogen) atoms. The van der Waals surface area contributed by atoms with Crippen LogP contribution in [0.1, 0.15) is 27.9 Å². The maximum atomic E-state index is 10.6. The van der Waals surface area contributed by atoms with Crippen molar-refractivity contribution in [3.63, 3.8) is 0 Å². The number of carbonyl (C=O) groups is 1.